The van der Waals surface area contributed by atoms with Crippen LogP contribution < -0.4 is 11.1 Å². The number of nitrogens with two attached hydrogens (primary N) is 1. The number of aromatic amines is 1. The smallest absolute Gasteiger partial charge is 0.147 e. The van der Waals surface area contributed by atoms with E-state index in [2.05, 4.69) is 21.9 Å². The number of thiophene rings is 1. The van der Waals surface area contributed by atoms with Crippen LogP contribution in [-0.2, 0) is 6.42 Å². The summed E-state index contributed by atoms with van der Waals surface area (Å²) in [5, 5.41) is 3.85. The van der Waals surface area contributed by atoms with Crippen LogP contribution in [0.2, 0.25) is 0 Å². The summed E-state index contributed by atoms with van der Waals surface area (Å²) in [6.07, 6.45) is 2.05. The van der Waals surface area contributed by atoms with Gasteiger partial charge in [0.15, 0.2) is 0 Å². The summed E-state index contributed by atoms with van der Waals surface area (Å²) in [5.41, 5.74) is 10.4. The molecule has 4 N–H and O–H groups in total. The van der Waals surface area contributed by atoms with Gasteiger partial charge in [-0.1, -0.05) is 12.6 Å². The van der Waals surface area contributed by atoms with Crippen molar-refractivity contribution in [1.82, 2.24) is 4.98 Å². The molecule has 0 saturated heterocycles. The highest BCUT2D eigenvalue weighted by atomic mass is 32.1. The summed E-state index contributed by atoms with van der Waals surface area (Å²) < 4.78 is 42.2. The molecule has 0 unspecified atom stereocenters. The number of hydrogen-bond donors (Lipinski definition) is 3. The molecule has 0 atom stereocenters. The zero-order valence-corrected chi connectivity index (χ0v) is 19.0. The molecule has 33 heavy (non-hydrogen) atoms. The Kier molecular flexibility index (Phi) is 6.29. The van der Waals surface area contributed by atoms with Crippen LogP contribution >= 0.6 is 11.3 Å². The van der Waals surface area contributed by atoms with Crippen LogP contribution in [0, 0.1) is 31.3 Å². The largest absolute Gasteiger partial charge is 0.383 e. The van der Waals surface area contributed by atoms with Gasteiger partial charge in [0.05, 0.1) is 16.1 Å². The number of fused-ring (bicyclic) bond motifs is 1. The summed E-state index contributed by atoms with van der Waals surface area (Å²) >= 11 is 1.21. The Bertz CT molecular complexity index is 1380. The van der Waals surface area contributed by atoms with Gasteiger partial charge in [-0.05, 0) is 67.9 Å². The van der Waals surface area contributed by atoms with E-state index in [1.54, 1.807) is 12.1 Å². The summed E-state index contributed by atoms with van der Waals surface area (Å²) in [6.45, 7) is 7.90. The maximum absolute atomic E-state index is 14.3. The van der Waals surface area contributed by atoms with Gasteiger partial charge in [0.1, 0.15) is 23.3 Å². The molecule has 170 valence electrons. The Morgan fingerprint density at radius 3 is 2.67 bits per heavy atom. The van der Waals surface area contributed by atoms with E-state index in [9.17, 15) is 13.2 Å². The number of halogens is 3. The first-order valence-electron chi connectivity index (χ1n) is 10.3. The third-order valence-corrected chi connectivity index (χ3v) is 6.68. The highest BCUT2D eigenvalue weighted by Crippen LogP contribution is 2.36. The fourth-order valence-corrected chi connectivity index (χ4v) is 4.99. The highest BCUT2D eigenvalue weighted by Gasteiger charge is 2.17. The number of amidine groups is 1. The van der Waals surface area contributed by atoms with E-state index < -0.39 is 11.6 Å². The van der Waals surface area contributed by atoms with E-state index in [-0.39, 0.29) is 17.2 Å². The Morgan fingerprint density at radius 2 is 1.91 bits per heavy atom. The lowest BCUT2D eigenvalue weighted by Crippen LogP contribution is -2.14. The molecule has 0 saturated carbocycles. The Hall–Kier alpha value is -3.52. The number of aryl methyl sites for hydroxylation is 2. The number of H-pyrrole nitrogens is 1. The Morgan fingerprint density at radius 1 is 1.15 bits per heavy atom. The van der Waals surface area contributed by atoms with Crippen LogP contribution in [0.1, 0.15) is 21.7 Å². The molecule has 0 fully saturated rings. The predicted octanol–water partition coefficient (Wildman–Crippen LogP) is 6.43. The number of anilines is 1. The number of rotatable bonds is 7. The third kappa shape index (κ3) is 4.39. The minimum Gasteiger partial charge on any atom is -0.383 e. The third-order valence-electron chi connectivity index (χ3n) is 5.49. The van der Waals surface area contributed by atoms with Crippen LogP contribution in [0.15, 0.2) is 54.2 Å². The van der Waals surface area contributed by atoms with E-state index >= 15 is 0 Å². The van der Waals surface area contributed by atoms with Crippen molar-refractivity contribution in [3.05, 3.63) is 88.3 Å². The first kappa shape index (κ1) is 22.7. The standard InChI is InChI=1S/C25H23F3N4S/c1-4-30-20-12-21(17-11-15(26)6-8-18(17)27)33-24(20)25(29)31-10-9-16-14(3)32-23-19(28)7-5-13(2)22(16)23/h4-8,11-12,30,32H,1,9-10H2,2-3H3,(H2,29,31). The number of hydrogen-bond acceptors (Lipinski definition) is 3. The molecule has 0 bridgehead atoms. The van der Waals surface area contributed by atoms with Crippen LogP contribution in [0.5, 0.6) is 0 Å². The van der Waals surface area contributed by atoms with Crippen LogP contribution in [0.4, 0.5) is 18.9 Å². The van der Waals surface area contributed by atoms with Crippen LogP contribution in [-0.4, -0.2) is 17.4 Å². The molecule has 0 aliphatic rings. The molecule has 4 aromatic rings. The molecule has 0 aliphatic heterocycles. The fourth-order valence-electron chi connectivity index (χ4n) is 3.93. The zero-order chi connectivity index (χ0) is 23.7. The van der Waals surface area contributed by atoms with Crippen molar-refractivity contribution >= 4 is 33.8 Å². The van der Waals surface area contributed by atoms with E-state index in [1.165, 1.54) is 23.6 Å². The number of aliphatic imine (C=N–C) groups is 1. The number of nitrogens with one attached hydrogen (secondary N) is 2. The van der Waals surface area contributed by atoms with Crippen LogP contribution in [0.3, 0.4) is 0 Å². The molecule has 2 aromatic carbocycles. The summed E-state index contributed by atoms with van der Waals surface area (Å²) in [4.78, 5) is 8.76. The van der Waals surface area contributed by atoms with Crippen molar-refractivity contribution in [2.24, 2.45) is 10.7 Å². The Labute approximate surface area is 193 Å². The van der Waals surface area contributed by atoms with E-state index in [4.69, 9.17) is 5.73 Å². The minimum atomic E-state index is -0.526. The SMILES string of the molecule is C=CNc1cc(-c2cc(F)ccc2F)sc1C(N)=NCCc1c(C)[nH]c2c(F)ccc(C)c12. The van der Waals surface area contributed by atoms with Gasteiger partial charge in [0.25, 0.3) is 0 Å². The van der Waals surface area contributed by atoms with Gasteiger partial charge < -0.3 is 16.0 Å². The second-order valence-corrected chi connectivity index (χ2v) is 8.74. The maximum atomic E-state index is 14.3. The molecule has 0 aliphatic carbocycles. The maximum Gasteiger partial charge on any atom is 0.147 e. The van der Waals surface area contributed by atoms with Gasteiger partial charge in [-0.25, -0.2) is 13.2 Å². The van der Waals surface area contributed by atoms with E-state index in [1.807, 2.05) is 13.8 Å². The van der Waals surface area contributed by atoms with Gasteiger partial charge >= 0.3 is 0 Å². The monoisotopic (exact) mass is 468 g/mol. The highest BCUT2D eigenvalue weighted by molar-refractivity contribution is 7.18. The van der Waals surface area contributed by atoms with Crippen LogP contribution in [0.25, 0.3) is 21.3 Å². The zero-order valence-electron chi connectivity index (χ0n) is 18.2. The summed E-state index contributed by atoms with van der Waals surface area (Å²) in [7, 11) is 0. The molecule has 4 rings (SSSR count). The molecule has 4 nitrogen and oxygen atoms in total. The fraction of sp³-hybridized carbons (Fsp3) is 0.160. The molecule has 0 radical (unpaired) electrons. The first-order chi connectivity index (χ1) is 15.8. The lowest BCUT2D eigenvalue weighted by atomic mass is 10.0. The average Bonchev–Trinajstić information content (AvgIpc) is 3.35. The van der Waals surface area contributed by atoms with Gasteiger partial charge in [-0.2, -0.15) is 0 Å². The van der Waals surface area contributed by atoms with Crippen molar-refractivity contribution < 1.29 is 13.2 Å². The number of benzene rings is 2. The normalized spacial score (nSPS) is 11.8. The average molecular weight is 469 g/mol. The molecule has 2 heterocycles. The number of aromatic nitrogens is 1. The molecule has 8 heteroatoms. The lowest BCUT2D eigenvalue weighted by Gasteiger charge is -2.05. The van der Waals surface area contributed by atoms with E-state index in [0.29, 0.717) is 33.9 Å². The van der Waals surface area contributed by atoms with Gasteiger partial charge in [-0.15, -0.1) is 11.3 Å². The van der Waals surface area contributed by atoms with Gasteiger partial charge in [-0.3, -0.25) is 4.99 Å². The van der Waals surface area contributed by atoms with Crippen molar-refractivity contribution in [2.75, 3.05) is 11.9 Å². The predicted molar refractivity (Wildman–Crippen MR) is 131 cm³/mol. The first-order valence-corrected chi connectivity index (χ1v) is 11.1. The molecular formula is C25H23F3N4S. The van der Waals surface area contributed by atoms with Crippen molar-refractivity contribution in [1.29, 1.82) is 0 Å². The molecule has 2 aromatic heterocycles. The minimum absolute atomic E-state index is 0.151. The topological polar surface area (TPSA) is 66.2 Å². The molecule has 0 spiro atoms. The lowest BCUT2D eigenvalue weighted by molar-refractivity contribution is 0.603. The van der Waals surface area contributed by atoms with Gasteiger partial charge in [0, 0.05) is 28.1 Å². The summed E-state index contributed by atoms with van der Waals surface area (Å²) in [5.74, 6) is -1.07. The number of nitrogens with zero attached hydrogens (tertiary/aromatic N) is 1. The van der Waals surface area contributed by atoms with Crippen molar-refractivity contribution in [3.63, 3.8) is 0 Å². The molecular weight excluding hydrogens is 445 g/mol. The second kappa shape index (κ2) is 9.15. The Balaban J connectivity index is 1.63. The van der Waals surface area contributed by atoms with Gasteiger partial charge in [0.2, 0.25) is 0 Å². The summed E-state index contributed by atoms with van der Waals surface area (Å²) in [6, 6.07) is 8.23. The van der Waals surface area contributed by atoms with E-state index in [0.717, 1.165) is 40.4 Å². The van der Waals surface area contributed by atoms with Crippen molar-refractivity contribution in [3.8, 4) is 10.4 Å². The van der Waals surface area contributed by atoms with Crippen molar-refractivity contribution in [2.45, 2.75) is 20.3 Å². The quantitative estimate of drug-likeness (QED) is 0.216. The molecule has 0 amide bonds. The second-order valence-electron chi connectivity index (χ2n) is 7.69.